The van der Waals surface area contributed by atoms with Gasteiger partial charge in [0.1, 0.15) is 10.7 Å². The predicted molar refractivity (Wildman–Crippen MR) is 154 cm³/mol. The van der Waals surface area contributed by atoms with Gasteiger partial charge in [-0.15, -0.1) is 0 Å². The molecule has 3 aromatic rings. The lowest BCUT2D eigenvalue weighted by Gasteiger charge is -2.24. The van der Waals surface area contributed by atoms with E-state index in [1.165, 1.54) is 22.3 Å². The lowest BCUT2D eigenvalue weighted by Crippen LogP contribution is -2.35. The molecule has 38 heavy (non-hydrogen) atoms. The minimum absolute atomic E-state index is 0.0438. The fourth-order valence-corrected chi connectivity index (χ4v) is 5.61. The molecule has 9 heteroatoms. The minimum atomic E-state index is -0.148. The molecule has 198 valence electrons. The number of nitrogens with one attached hydrogen (secondary N) is 2. The molecule has 1 aromatic carbocycles. The van der Waals surface area contributed by atoms with Crippen LogP contribution >= 0.6 is 12.2 Å². The number of amides is 1. The van der Waals surface area contributed by atoms with Crippen LogP contribution in [0, 0.1) is 13.8 Å². The Morgan fingerprint density at radius 3 is 2.61 bits per heavy atom. The predicted octanol–water partition coefficient (Wildman–Crippen LogP) is 3.01. The first kappa shape index (κ1) is 27.4. The molecule has 5 rings (SSSR count). The summed E-state index contributed by atoms with van der Waals surface area (Å²) in [6.45, 7) is 9.08. The fourth-order valence-electron chi connectivity index (χ4n) is 5.27. The molecule has 0 saturated carbocycles. The third kappa shape index (κ3) is 5.45. The summed E-state index contributed by atoms with van der Waals surface area (Å²) in [6, 6.07) is 10.2. The molecular formula is C29H35N7OS. The van der Waals surface area contributed by atoms with Gasteiger partial charge in [-0.05, 0) is 73.1 Å². The van der Waals surface area contributed by atoms with Crippen LogP contribution in [0.2, 0.25) is 0 Å². The van der Waals surface area contributed by atoms with Crippen LogP contribution in [-0.4, -0.2) is 45.4 Å². The van der Waals surface area contributed by atoms with Crippen LogP contribution in [0.5, 0.6) is 0 Å². The zero-order valence-corrected chi connectivity index (χ0v) is 22.9. The van der Waals surface area contributed by atoms with Gasteiger partial charge >= 0.3 is 0 Å². The summed E-state index contributed by atoms with van der Waals surface area (Å²) in [5.74, 6) is 7.85. The Kier molecular flexibility index (Phi) is 8.51. The summed E-state index contributed by atoms with van der Waals surface area (Å²) in [5.41, 5.74) is 9.25. The normalized spacial score (nSPS) is 17.9. The van der Waals surface area contributed by atoms with Crippen molar-refractivity contribution < 1.29 is 4.79 Å². The van der Waals surface area contributed by atoms with Crippen LogP contribution in [0.4, 0.5) is 0 Å². The molecule has 2 atom stereocenters. The van der Waals surface area contributed by atoms with E-state index in [0.717, 1.165) is 42.6 Å². The van der Waals surface area contributed by atoms with E-state index >= 15 is 0 Å². The molecule has 0 radical (unpaired) electrons. The van der Waals surface area contributed by atoms with Gasteiger partial charge in [-0.3, -0.25) is 26.4 Å². The van der Waals surface area contributed by atoms with E-state index in [0.29, 0.717) is 16.2 Å². The van der Waals surface area contributed by atoms with Crippen molar-refractivity contribution in [3.63, 3.8) is 0 Å². The van der Waals surface area contributed by atoms with Gasteiger partial charge in [-0.25, -0.2) is 0 Å². The van der Waals surface area contributed by atoms with Crippen molar-refractivity contribution in [2.45, 2.75) is 45.2 Å². The SMILES string of the molecule is C=C1C(NC(=O)c2cnc(C(=S)NC3c4cnccc4CCc4c(C)cccc43)c(C)c2)CCN1C.NN. The monoisotopic (exact) mass is 529 g/mol. The molecule has 3 heterocycles. The van der Waals surface area contributed by atoms with Crippen LogP contribution in [0.25, 0.3) is 0 Å². The van der Waals surface area contributed by atoms with Gasteiger partial charge in [0.15, 0.2) is 0 Å². The van der Waals surface area contributed by atoms with E-state index in [-0.39, 0.29) is 18.0 Å². The maximum Gasteiger partial charge on any atom is 0.253 e. The van der Waals surface area contributed by atoms with Gasteiger partial charge in [0.05, 0.1) is 17.6 Å². The summed E-state index contributed by atoms with van der Waals surface area (Å²) >= 11 is 5.87. The van der Waals surface area contributed by atoms with Crippen LogP contribution < -0.4 is 22.3 Å². The Morgan fingerprint density at radius 2 is 1.89 bits per heavy atom. The van der Waals surface area contributed by atoms with Crippen molar-refractivity contribution >= 4 is 23.1 Å². The smallest absolute Gasteiger partial charge is 0.253 e. The summed E-state index contributed by atoms with van der Waals surface area (Å²) in [5, 5.41) is 6.66. The number of hydrogen-bond acceptors (Lipinski definition) is 7. The highest BCUT2D eigenvalue weighted by atomic mass is 32.1. The van der Waals surface area contributed by atoms with Crippen LogP contribution in [0.1, 0.15) is 61.9 Å². The van der Waals surface area contributed by atoms with Gasteiger partial charge in [0.25, 0.3) is 5.91 Å². The molecule has 0 bridgehead atoms. The van der Waals surface area contributed by atoms with Gasteiger partial charge < -0.3 is 15.5 Å². The van der Waals surface area contributed by atoms with Crippen molar-refractivity contribution in [1.82, 2.24) is 25.5 Å². The Bertz CT molecular complexity index is 1370. The van der Waals surface area contributed by atoms with Crippen LogP contribution in [0.3, 0.4) is 0 Å². The van der Waals surface area contributed by atoms with Crippen LogP contribution in [-0.2, 0) is 12.8 Å². The Hall–Kier alpha value is -3.66. The average molecular weight is 530 g/mol. The van der Waals surface area contributed by atoms with Crippen molar-refractivity contribution in [2.24, 2.45) is 11.7 Å². The molecule has 6 N–H and O–H groups in total. The Balaban J connectivity index is 0.00000164. The zero-order chi connectivity index (χ0) is 27.4. The Labute approximate surface area is 229 Å². The van der Waals surface area contributed by atoms with Crippen molar-refractivity contribution in [3.8, 4) is 0 Å². The number of carbonyl (C=O) groups excluding carboxylic acids is 1. The van der Waals surface area contributed by atoms with E-state index in [9.17, 15) is 4.79 Å². The van der Waals surface area contributed by atoms with E-state index in [2.05, 4.69) is 75.0 Å². The molecule has 2 unspecified atom stereocenters. The highest BCUT2D eigenvalue weighted by Crippen LogP contribution is 2.34. The molecule has 1 amide bonds. The molecule has 8 nitrogen and oxygen atoms in total. The number of hydrogen-bond donors (Lipinski definition) is 4. The van der Waals surface area contributed by atoms with E-state index < -0.39 is 0 Å². The molecule has 1 fully saturated rings. The number of aryl methyl sites for hydroxylation is 3. The second-order valence-corrected chi connectivity index (χ2v) is 10.1. The van der Waals surface area contributed by atoms with E-state index in [1.807, 2.05) is 32.4 Å². The molecule has 2 aliphatic rings. The van der Waals surface area contributed by atoms with Crippen molar-refractivity contribution in [3.05, 3.63) is 106 Å². The zero-order valence-electron chi connectivity index (χ0n) is 22.1. The third-order valence-corrected chi connectivity index (χ3v) is 7.75. The number of likely N-dealkylation sites (tertiary alicyclic amines) is 1. The second-order valence-electron chi connectivity index (χ2n) is 9.74. The number of nitrogens with zero attached hydrogens (tertiary/aromatic N) is 3. The van der Waals surface area contributed by atoms with E-state index in [1.54, 1.807) is 6.20 Å². The van der Waals surface area contributed by atoms with Gasteiger partial charge in [0, 0.05) is 43.4 Å². The quantitative estimate of drug-likeness (QED) is 0.231. The van der Waals surface area contributed by atoms with Gasteiger partial charge in [0.2, 0.25) is 0 Å². The Morgan fingerprint density at radius 1 is 1.11 bits per heavy atom. The number of benzene rings is 1. The first-order valence-corrected chi connectivity index (χ1v) is 13.1. The maximum absolute atomic E-state index is 12.9. The second kappa shape index (κ2) is 11.8. The molecule has 0 spiro atoms. The number of nitrogens with two attached hydrogens (primary N) is 2. The molecule has 1 aliphatic carbocycles. The number of carbonyl (C=O) groups is 1. The number of rotatable bonds is 4. The molecule has 2 aromatic heterocycles. The number of aromatic nitrogens is 2. The first-order valence-electron chi connectivity index (χ1n) is 12.7. The first-order chi connectivity index (χ1) is 18.3. The highest BCUT2D eigenvalue weighted by Gasteiger charge is 2.27. The van der Waals surface area contributed by atoms with Crippen molar-refractivity contribution in [1.29, 1.82) is 0 Å². The number of likely N-dealkylation sites (N-methyl/N-ethyl adjacent to an activating group) is 1. The summed E-state index contributed by atoms with van der Waals surface area (Å²) < 4.78 is 0. The minimum Gasteiger partial charge on any atom is -0.377 e. The van der Waals surface area contributed by atoms with E-state index in [4.69, 9.17) is 12.2 Å². The fraction of sp³-hybridized carbons (Fsp3) is 0.310. The summed E-state index contributed by atoms with van der Waals surface area (Å²) in [7, 11) is 1.99. The lowest BCUT2D eigenvalue weighted by molar-refractivity contribution is 0.0942. The molecule has 1 aliphatic heterocycles. The molecule has 1 saturated heterocycles. The van der Waals surface area contributed by atoms with Gasteiger partial charge in [-0.2, -0.15) is 0 Å². The van der Waals surface area contributed by atoms with Gasteiger partial charge in [-0.1, -0.05) is 37.0 Å². The van der Waals surface area contributed by atoms with Crippen molar-refractivity contribution in [2.75, 3.05) is 13.6 Å². The number of thiocarbonyl (C=S) groups is 1. The largest absolute Gasteiger partial charge is 0.377 e. The number of pyridine rings is 2. The molecular weight excluding hydrogens is 494 g/mol. The highest BCUT2D eigenvalue weighted by molar-refractivity contribution is 7.80. The van der Waals surface area contributed by atoms with Crippen LogP contribution in [0.15, 0.2) is 61.2 Å². The third-order valence-electron chi connectivity index (χ3n) is 7.44. The standard InChI is InChI=1S/C29H31N5OS.H4N2/c1-17-6-5-7-23-22(17)9-8-20-10-12-30-16-24(20)27(23)33-29(36)26-18(2)14-21(15-31-26)28(35)32-25-11-13-34(4)19(25)3;1-2/h5-7,10,12,14-16,25,27H,3,8-9,11,13H2,1-2,4H3,(H,32,35)(H,33,36);1-2H2. The number of hydrazine groups is 1. The lowest BCUT2D eigenvalue weighted by atomic mass is 9.93. The topological polar surface area (TPSA) is 122 Å². The number of fused-ring (bicyclic) bond motifs is 2. The summed E-state index contributed by atoms with van der Waals surface area (Å²) in [6.07, 6.45) is 8.20. The summed E-state index contributed by atoms with van der Waals surface area (Å²) in [4.78, 5) is 24.5. The maximum atomic E-state index is 12.9. The average Bonchev–Trinajstić information content (AvgIpc) is 3.14.